The highest BCUT2D eigenvalue weighted by Crippen LogP contribution is 2.29. The van der Waals surface area contributed by atoms with Crippen LogP contribution in [0.25, 0.3) is 0 Å². The summed E-state index contributed by atoms with van der Waals surface area (Å²) in [7, 11) is 1.62. The normalized spacial score (nSPS) is 12.3. The zero-order valence-corrected chi connectivity index (χ0v) is 15.9. The number of nitrogens with zero attached hydrogens (tertiary/aromatic N) is 2. The summed E-state index contributed by atoms with van der Waals surface area (Å²) < 4.78 is 38.6. The molecule has 0 spiro atoms. The summed E-state index contributed by atoms with van der Waals surface area (Å²) in [5, 5.41) is 7.50. The summed E-state index contributed by atoms with van der Waals surface area (Å²) in [5.41, 5.74) is 0.382. The van der Waals surface area contributed by atoms with Crippen LogP contribution in [-0.4, -0.2) is 24.5 Å². The topological polar surface area (TPSA) is 49.3 Å². The van der Waals surface area contributed by atoms with Gasteiger partial charge >= 0.3 is 6.18 Å². The van der Waals surface area contributed by atoms with E-state index in [9.17, 15) is 13.2 Å². The van der Waals surface area contributed by atoms with Crippen LogP contribution in [0, 0.1) is 0 Å². The lowest BCUT2D eigenvalue weighted by atomic mass is 10.1. The molecule has 136 valence electrons. The van der Waals surface area contributed by atoms with Gasteiger partial charge in [0.05, 0.1) is 6.54 Å². The third kappa shape index (κ3) is 6.66. The molecule has 1 aromatic carbocycles. The summed E-state index contributed by atoms with van der Waals surface area (Å²) in [6.45, 7) is 0.907. The number of hydrogen-bond donors (Lipinski definition) is 2. The first-order chi connectivity index (χ1) is 11.9. The first-order valence-corrected chi connectivity index (χ1v) is 9.26. The fourth-order valence-corrected chi connectivity index (χ4v) is 3.28. The molecule has 0 aliphatic rings. The molecule has 0 radical (unpaired) electrons. The fraction of sp³-hybridized carbons (Fsp3) is 0.375. The standard InChI is InChI=1S/C16H18BrF3N4S/c1-21-15(22-7-3-5-11-4-2-6-12(17)8-11)23-9-14-24-13(10-25-14)16(18,19)20/h2,4,6,8,10H,3,5,7,9H2,1H3,(H2,21,22,23). The van der Waals surface area contributed by atoms with E-state index in [1.807, 2.05) is 12.1 Å². The molecule has 0 saturated carbocycles. The van der Waals surface area contributed by atoms with Gasteiger partial charge in [0, 0.05) is 23.4 Å². The molecule has 1 heterocycles. The van der Waals surface area contributed by atoms with Crippen LogP contribution in [0.5, 0.6) is 0 Å². The van der Waals surface area contributed by atoms with Crippen molar-refractivity contribution < 1.29 is 13.2 Å². The van der Waals surface area contributed by atoms with Crippen molar-refractivity contribution in [3.63, 3.8) is 0 Å². The van der Waals surface area contributed by atoms with Crippen LogP contribution in [0.15, 0.2) is 39.1 Å². The third-order valence-electron chi connectivity index (χ3n) is 3.30. The molecule has 0 fully saturated rings. The summed E-state index contributed by atoms with van der Waals surface area (Å²) in [6, 6.07) is 8.12. The number of thiazole rings is 1. The maximum Gasteiger partial charge on any atom is 0.434 e. The van der Waals surface area contributed by atoms with Gasteiger partial charge < -0.3 is 10.6 Å². The fourth-order valence-electron chi connectivity index (χ4n) is 2.09. The first-order valence-electron chi connectivity index (χ1n) is 7.59. The molecule has 0 aliphatic carbocycles. The SMILES string of the molecule is CN=C(NCCCc1cccc(Br)c1)NCc1nc(C(F)(F)F)cs1. The Morgan fingerprint density at radius 2 is 2.12 bits per heavy atom. The number of alkyl halides is 3. The number of aromatic nitrogens is 1. The highest BCUT2D eigenvalue weighted by molar-refractivity contribution is 9.10. The van der Waals surface area contributed by atoms with E-state index in [0.29, 0.717) is 17.5 Å². The Labute approximate surface area is 156 Å². The Morgan fingerprint density at radius 3 is 2.76 bits per heavy atom. The van der Waals surface area contributed by atoms with Crippen molar-refractivity contribution in [1.82, 2.24) is 15.6 Å². The molecule has 0 bridgehead atoms. The zero-order chi connectivity index (χ0) is 18.3. The van der Waals surface area contributed by atoms with Gasteiger partial charge in [-0.15, -0.1) is 11.3 Å². The van der Waals surface area contributed by atoms with Crippen LogP contribution in [0.3, 0.4) is 0 Å². The quantitative estimate of drug-likeness (QED) is 0.406. The van der Waals surface area contributed by atoms with Crippen LogP contribution < -0.4 is 10.6 Å². The van der Waals surface area contributed by atoms with Gasteiger partial charge in [0.1, 0.15) is 5.01 Å². The number of halogens is 4. The molecule has 1 aromatic heterocycles. The number of benzene rings is 1. The van der Waals surface area contributed by atoms with Gasteiger partial charge in [-0.25, -0.2) is 4.98 Å². The van der Waals surface area contributed by atoms with Crippen LogP contribution in [-0.2, 0) is 19.1 Å². The van der Waals surface area contributed by atoms with Gasteiger partial charge in [0.2, 0.25) is 0 Å². The van der Waals surface area contributed by atoms with Crippen LogP contribution in [0.1, 0.15) is 22.7 Å². The Balaban J connectivity index is 1.73. The second kappa shape index (κ2) is 9.19. The predicted octanol–water partition coefficient (Wildman–Crippen LogP) is 4.22. The van der Waals surface area contributed by atoms with Crippen molar-refractivity contribution >= 4 is 33.2 Å². The van der Waals surface area contributed by atoms with Crippen molar-refractivity contribution in [2.24, 2.45) is 4.99 Å². The molecule has 2 aromatic rings. The van der Waals surface area contributed by atoms with Gasteiger partial charge in [0.15, 0.2) is 11.7 Å². The van der Waals surface area contributed by atoms with E-state index in [4.69, 9.17) is 0 Å². The molecule has 0 saturated heterocycles. The lowest BCUT2D eigenvalue weighted by molar-refractivity contribution is -0.140. The number of aryl methyl sites for hydroxylation is 1. The average molecular weight is 435 g/mol. The maximum atomic E-state index is 12.5. The number of rotatable bonds is 6. The van der Waals surface area contributed by atoms with Crippen LogP contribution in [0.2, 0.25) is 0 Å². The molecular formula is C16H18BrF3N4S. The van der Waals surface area contributed by atoms with Gasteiger partial charge in [-0.3, -0.25) is 4.99 Å². The van der Waals surface area contributed by atoms with E-state index in [1.165, 1.54) is 5.56 Å². The minimum atomic E-state index is -4.40. The van der Waals surface area contributed by atoms with E-state index in [0.717, 1.165) is 34.0 Å². The second-order valence-corrected chi connectivity index (χ2v) is 7.07. The summed E-state index contributed by atoms with van der Waals surface area (Å²) in [4.78, 5) is 7.63. The average Bonchev–Trinajstić information content (AvgIpc) is 3.03. The second-order valence-electron chi connectivity index (χ2n) is 5.21. The van der Waals surface area contributed by atoms with E-state index < -0.39 is 11.9 Å². The number of hydrogen-bond acceptors (Lipinski definition) is 3. The van der Waals surface area contributed by atoms with Crippen molar-refractivity contribution in [3.05, 3.63) is 50.4 Å². The summed E-state index contributed by atoms with van der Waals surface area (Å²) in [6.07, 6.45) is -2.57. The van der Waals surface area contributed by atoms with E-state index in [-0.39, 0.29) is 6.54 Å². The molecule has 25 heavy (non-hydrogen) atoms. The highest BCUT2D eigenvalue weighted by Gasteiger charge is 2.33. The van der Waals surface area contributed by atoms with E-state index in [1.54, 1.807) is 7.05 Å². The number of guanidine groups is 1. The van der Waals surface area contributed by atoms with E-state index in [2.05, 4.69) is 48.7 Å². The Bertz CT molecular complexity index is 715. The molecule has 2 rings (SSSR count). The monoisotopic (exact) mass is 434 g/mol. The first kappa shape index (κ1) is 19.7. The van der Waals surface area contributed by atoms with Crippen molar-refractivity contribution in [1.29, 1.82) is 0 Å². The van der Waals surface area contributed by atoms with Crippen LogP contribution in [0.4, 0.5) is 13.2 Å². The minimum absolute atomic E-state index is 0.200. The van der Waals surface area contributed by atoms with Gasteiger partial charge in [0.25, 0.3) is 0 Å². The van der Waals surface area contributed by atoms with Gasteiger partial charge in [-0.1, -0.05) is 28.1 Å². The minimum Gasteiger partial charge on any atom is -0.356 e. The molecule has 0 amide bonds. The predicted molar refractivity (Wildman–Crippen MR) is 97.8 cm³/mol. The van der Waals surface area contributed by atoms with Gasteiger partial charge in [-0.05, 0) is 30.5 Å². The number of aliphatic imine (C=N–C) groups is 1. The molecule has 9 heteroatoms. The smallest absolute Gasteiger partial charge is 0.356 e. The molecule has 0 atom stereocenters. The summed E-state index contributed by atoms with van der Waals surface area (Å²) >= 11 is 4.42. The zero-order valence-electron chi connectivity index (χ0n) is 13.5. The number of nitrogens with one attached hydrogen (secondary N) is 2. The van der Waals surface area contributed by atoms with Crippen molar-refractivity contribution in [2.75, 3.05) is 13.6 Å². The van der Waals surface area contributed by atoms with E-state index >= 15 is 0 Å². The Kier molecular flexibility index (Phi) is 7.24. The largest absolute Gasteiger partial charge is 0.434 e. The lowest BCUT2D eigenvalue weighted by Gasteiger charge is -2.11. The Morgan fingerprint density at radius 1 is 1.32 bits per heavy atom. The third-order valence-corrected chi connectivity index (χ3v) is 4.64. The molecule has 2 N–H and O–H groups in total. The molecular weight excluding hydrogens is 417 g/mol. The Hall–Kier alpha value is -1.61. The maximum absolute atomic E-state index is 12.5. The summed E-state index contributed by atoms with van der Waals surface area (Å²) in [5.74, 6) is 0.540. The van der Waals surface area contributed by atoms with Crippen LogP contribution >= 0.6 is 27.3 Å². The molecule has 0 aliphatic heterocycles. The van der Waals surface area contributed by atoms with Crippen molar-refractivity contribution in [2.45, 2.75) is 25.6 Å². The van der Waals surface area contributed by atoms with Gasteiger partial charge in [-0.2, -0.15) is 13.2 Å². The van der Waals surface area contributed by atoms with Crippen molar-refractivity contribution in [3.8, 4) is 0 Å². The highest BCUT2D eigenvalue weighted by atomic mass is 79.9. The molecule has 0 unspecified atom stereocenters. The molecule has 4 nitrogen and oxygen atoms in total. The lowest BCUT2D eigenvalue weighted by Crippen LogP contribution is -2.37.